The van der Waals surface area contributed by atoms with E-state index in [-0.39, 0.29) is 51.7 Å². The summed E-state index contributed by atoms with van der Waals surface area (Å²) in [4.78, 5) is 59.2. The Morgan fingerprint density at radius 2 is 1.63 bits per heavy atom. The van der Waals surface area contributed by atoms with Crippen molar-refractivity contribution in [2.24, 2.45) is 5.92 Å². The number of para-hydroxylation sites is 1. The standard InChI is InChI=1S/C30H23F3N4O6/c1-15-3-2-4-20(25(38)16-5-7-17(8-6-16)27(39)37-12-11-18(14-37)28(40)41)23(15)36-26-24(29(42)43)34-21-10-9-19(30(31,32)33)13-22(21)35-26/h2-10,13,18H,11-12,14H2,1H3,(H,35,36)(H,40,41)(H,42,43). The van der Waals surface area contributed by atoms with Gasteiger partial charge in [-0.3, -0.25) is 14.4 Å². The van der Waals surface area contributed by atoms with Gasteiger partial charge in [0.1, 0.15) is 0 Å². The molecular weight excluding hydrogens is 569 g/mol. The Labute approximate surface area is 241 Å². The highest BCUT2D eigenvalue weighted by Crippen LogP contribution is 2.33. The highest BCUT2D eigenvalue weighted by molar-refractivity contribution is 6.13. The number of ketones is 1. The molecule has 5 rings (SSSR count). The van der Waals surface area contributed by atoms with Crippen LogP contribution in [0.15, 0.2) is 60.7 Å². The van der Waals surface area contributed by atoms with E-state index >= 15 is 0 Å². The second-order valence-electron chi connectivity index (χ2n) is 10.0. The van der Waals surface area contributed by atoms with Crippen LogP contribution in [0.25, 0.3) is 11.0 Å². The lowest BCUT2D eigenvalue weighted by Gasteiger charge is -2.17. The number of aliphatic carboxylic acids is 1. The Hall–Kier alpha value is -5.33. The van der Waals surface area contributed by atoms with Crippen molar-refractivity contribution >= 4 is 46.2 Å². The maximum absolute atomic E-state index is 13.6. The molecule has 1 aliphatic heterocycles. The Kier molecular flexibility index (Phi) is 7.57. The van der Waals surface area contributed by atoms with Crippen LogP contribution in [-0.4, -0.2) is 61.8 Å². The maximum Gasteiger partial charge on any atom is 0.416 e. The molecule has 1 aromatic heterocycles. The minimum Gasteiger partial charge on any atom is -0.481 e. The molecule has 0 aliphatic carbocycles. The van der Waals surface area contributed by atoms with Crippen molar-refractivity contribution < 1.29 is 42.6 Å². The minimum absolute atomic E-state index is 0.0564. The van der Waals surface area contributed by atoms with E-state index in [4.69, 9.17) is 0 Å². The summed E-state index contributed by atoms with van der Waals surface area (Å²) < 4.78 is 39.8. The van der Waals surface area contributed by atoms with Crippen molar-refractivity contribution in [3.8, 4) is 0 Å². The molecule has 0 spiro atoms. The molecule has 1 amide bonds. The number of carbonyl (C=O) groups excluding carboxylic acids is 2. The van der Waals surface area contributed by atoms with Crippen LogP contribution in [-0.2, 0) is 11.0 Å². The zero-order valence-electron chi connectivity index (χ0n) is 22.5. The van der Waals surface area contributed by atoms with Gasteiger partial charge in [0.25, 0.3) is 5.91 Å². The third-order valence-electron chi connectivity index (χ3n) is 7.17. The fraction of sp³-hybridized carbons (Fsp3) is 0.200. The van der Waals surface area contributed by atoms with Crippen molar-refractivity contribution in [1.82, 2.24) is 14.9 Å². The third kappa shape index (κ3) is 5.87. The predicted molar refractivity (Wildman–Crippen MR) is 147 cm³/mol. The smallest absolute Gasteiger partial charge is 0.416 e. The quantitative estimate of drug-likeness (QED) is 0.247. The summed E-state index contributed by atoms with van der Waals surface area (Å²) in [6.07, 6.45) is -4.30. The minimum atomic E-state index is -4.65. The zero-order valence-corrected chi connectivity index (χ0v) is 22.5. The summed E-state index contributed by atoms with van der Waals surface area (Å²) in [7, 11) is 0. The van der Waals surface area contributed by atoms with Gasteiger partial charge in [-0.15, -0.1) is 0 Å². The van der Waals surface area contributed by atoms with Gasteiger partial charge in [0.15, 0.2) is 17.3 Å². The molecule has 0 radical (unpaired) electrons. The number of anilines is 2. The number of rotatable bonds is 7. The van der Waals surface area contributed by atoms with Crippen molar-refractivity contribution in [2.45, 2.75) is 19.5 Å². The highest BCUT2D eigenvalue weighted by atomic mass is 19.4. The molecule has 2 heterocycles. The van der Waals surface area contributed by atoms with E-state index in [9.17, 15) is 42.6 Å². The van der Waals surface area contributed by atoms with E-state index in [0.29, 0.717) is 18.5 Å². The van der Waals surface area contributed by atoms with Crippen molar-refractivity contribution in [3.05, 3.63) is 94.2 Å². The van der Waals surface area contributed by atoms with Gasteiger partial charge in [-0.05, 0) is 55.3 Å². The number of carbonyl (C=O) groups is 4. The number of aromatic nitrogens is 2. The number of aromatic carboxylic acids is 1. The Bertz CT molecular complexity index is 1790. The molecule has 1 unspecified atom stereocenters. The first-order valence-electron chi connectivity index (χ1n) is 13.0. The topological polar surface area (TPSA) is 150 Å². The first-order chi connectivity index (χ1) is 20.3. The molecule has 0 saturated carbocycles. The van der Waals surface area contributed by atoms with Gasteiger partial charge in [0, 0.05) is 29.8 Å². The average molecular weight is 593 g/mol. The lowest BCUT2D eigenvalue weighted by atomic mass is 9.98. The van der Waals surface area contributed by atoms with E-state index in [1.807, 2.05) is 0 Å². The fourth-order valence-electron chi connectivity index (χ4n) is 4.86. The number of halogens is 3. The number of likely N-dealkylation sites (tertiary alicyclic amines) is 1. The number of benzene rings is 3. The summed E-state index contributed by atoms with van der Waals surface area (Å²) in [5.74, 6) is -4.26. The molecule has 0 bridgehead atoms. The predicted octanol–water partition coefficient (Wildman–Crippen LogP) is 5.18. The van der Waals surface area contributed by atoms with Crippen molar-refractivity contribution in [3.63, 3.8) is 0 Å². The van der Waals surface area contributed by atoms with Crippen LogP contribution in [0.4, 0.5) is 24.7 Å². The fourth-order valence-corrected chi connectivity index (χ4v) is 4.86. The maximum atomic E-state index is 13.6. The number of hydrogen-bond donors (Lipinski definition) is 3. The van der Waals surface area contributed by atoms with Crippen LogP contribution in [0.1, 0.15) is 54.3 Å². The molecule has 43 heavy (non-hydrogen) atoms. The molecule has 4 aromatic rings. The second kappa shape index (κ2) is 11.2. The van der Waals surface area contributed by atoms with Crippen LogP contribution >= 0.6 is 0 Å². The first kappa shape index (κ1) is 29.2. The van der Waals surface area contributed by atoms with Gasteiger partial charge in [0.05, 0.1) is 28.2 Å². The number of aryl methyl sites for hydroxylation is 1. The monoisotopic (exact) mass is 592 g/mol. The number of carboxylic acids is 2. The van der Waals surface area contributed by atoms with Gasteiger partial charge in [-0.1, -0.05) is 24.3 Å². The third-order valence-corrected chi connectivity index (χ3v) is 7.17. The molecule has 1 fully saturated rings. The van der Waals surface area contributed by atoms with Crippen LogP contribution < -0.4 is 5.32 Å². The summed E-state index contributed by atoms with van der Waals surface area (Å²) >= 11 is 0. The van der Waals surface area contributed by atoms with Crippen molar-refractivity contribution in [2.75, 3.05) is 18.4 Å². The van der Waals surface area contributed by atoms with E-state index in [0.717, 1.165) is 18.2 Å². The largest absolute Gasteiger partial charge is 0.481 e. The van der Waals surface area contributed by atoms with Gasteiger partial charge in [-0.2, -0.15) is 13.2 Å². The normalized spacial score (nSPS) is 15.0. The second-order valence-corrected chi connectivity index (χ2v) is 10.0. The summed E-state index contributed by atoms with van der Waals surface area (Å²) in [5, 5.41) is 21.8. The number of nitrogens with zero attached hydrogens (tertiary/aromatic N) is 3. The molecule has 10 nitrogen and oxygen atoms in total. The highest BCUT2D eigenvalue weighted by Gasteiger charge is 2.32. The van der Waals surface area contributed by atoms with Crippen LogP contribution in [0.3, 0.4) is 0 Å². The van der Waals surface area contributed by atoms with Crippen LogP contribution in [0, 0.1) is 12.8 Å². The Balaban J connectivity index is 1.46. The number of fused-ring (bicyclic) bond motifs is 1. The number of hydrogen-bond acceptors (Lipinski definition) is 7. The van der Waals surface area contributed by atoms with E-state index < -0.39 is 41.1 Å². The van der Waals surface area contributed by atoms with Crippen LogP contribution in [0.2, 0.25) is 0 Å². The molecule has 220 valence electrons. The number of carboxylic acid groups (broad SMARTS) is 2. The number of alkyl halides is 3. The van der Waals surface area contributed by atoms with Gasteiger partial charge in [0.2, 0.25) is 0 Å². The molecule has 1 aliphatic rings. The van der Waals surface area contributed by atoms with Gasteiger partial charge >= 0.3 is 18.1 Å². The Morgan fingerprint density at radius 1 is 0.930 bits per heavy atom. The summed E-state index contributed by atoms with van der Waals surface area (Å²) in [6, 6.07) is 13.1. The van der Waals surface area contributed by atoms with Gasteiger partial charge < -0.3 is 20.4 Å². The molecule has 3 aromatic carbocycles. The molecule has 13 heteroatoms. The number of nitrogens with one attached hydrogen (secondary N) is 1. The van der Waals surface area contributed by atoms with E-state index in [1.54, 1.807) is 19.1 Å². The van der Waals surface area contributed by atoms with E-state index in [2.05, 4.69) is 15.3 Å². The zero-order chi connectivity index (χ0) is 31.1. The average Bonchev–Trinajstić information content (AvgIpc) is 3.47. The van der Waals surface area contributed by atoms with Crippen LogP contribution in [0.5, 0.6) is 0 Å². The first-order valence-corrected chi connectivity index (χ1v) is 13.0. The SMILES string of the molecule is Cc1cccc(C(=O)c2ccc(C(=O)N3CCC(C(=O)O)C3)cc2)c1Nc1nc2cc(C(F)(F)F)ccc2nc1C(=O)O. The number of amides is 1. The lowest BCUT2D eigenvalue weighted by Crippen LogP contribution is -2.29. The lowest BCUT2D eigenvalue weighted by molar-refractivity contribution is -0.141. The summed E-state index contributed by atoms with van der Waals surface area (Å²) in [5.41, 5.74) is -0.503. The molecule has 1 atom stereocenters. The van der Waals surface area contributed by atoms with E-state index in [1.165, 1.54) is 35.2 Å². The van der Waals surface area contributed by atoms with Gasteiger partial charge in [-0.25, -0.2) is 14.8 Å². The molecular formula is C30H23F3N4O6. The summed E-state index contributed by atoms with van der Waals surface area (Å²) in [6.45, 7) is 2.06. The van der Waals surface area contributed by atoms with Crippen molar-refractivity contribution in [1.29, 1.82) is 0 Å². The molecule has 1 saturated heterocycles. The Morgan fingerprint density at radius 3 is 2.26 bits per heavy atom. The molecule has 3 N–H and O–H groups in total.